The van der Waals surface area contributed by atoms with Crippen LogP contribution in [-0.4, -0.2) is 73.0 Å². The Balaban J connectivity index is 1.90. The number of urea groups is 1. The lowest BCUT2D eigenvalue weighted by molar-refractivity contribution is -0.125. The number of amides is 4. The second kappa shape index (κ2) is 5.32. The second-order valence-electron chi connectivity index (χ2n) is 4.36. The molecule has 4 amide bonds. The van der Waals surface area contributed by atoms with Crippen LogP contribution in [0, 0.1) is 0 Å². The molecular formula is C10H17N5O3. The zero-order chi connectivity index (χ0) is 13.1. The largest absolute Gasteiger partial charge is 0.368 e. The number of imide groups is 1. The van der Waals surface area contributed by atoms with Gasteiger partial charge in [-0.15, -0.1) is 0 Å². The van der Waals surface area contributed by atoms with E-state index in [-0.39, 0.29) is 37.0 Å². The topological polar surface area (TPSA) is 108 Å². The highest BCUT2D eigenvalue weighted by Crippen LogP contribution is 2.05. The predicted molar refractivity (Wildman–Crippen MR) is 62.5 cm³/mol. The van der Waals surface area contributed by atoms with Crippen LogP contribution in [0.15, 0.2) is 0 Å². The third kappa shape index (κ3) is 2.59. The van der Waals surface area contributed by atoms with Crippen LogP contribution in [0.4, 0.5) is 4.79 Å². The molecular weight excluding hydrogens is 238 g/mol. The zero-order valence-electron chi connectivity index (χ0n) is 10.0. The van der Waals surface area contributed by atoms with Crippen molar-refractivity contribution < 1.29 is 14.4 Å². The van der Waals surface area contributed by atoms with Gasteiger partial charge in [-0.3, -0.25) is 19.4 Å². The van der Waals surface area contributed by atoms with Crippen LogP contribution >= 0.6 is 0 Å². The lowest BCUT2D eigenvalue weighted by Gasteiger charge is -2.34. The smallest absolute Gasteiger partial charge is 0.324 e. The van der Waals surface area contributed by atoms with Crippen molar-refractivity contribution in [2.75, 3.05) is 39.3 Å². The fourth-order valence-corrected chi connectivity index (χ4v) is 2.20. The quantitative estimate of drug-likeness (QED) is 0.474. The summed E-state index contributed by atoms with van der Waals surface area (Å²) in [5.74, 6) is -0.620. The van der Waals surface area contributed by atoms with Crippen LogP contribution in [0.25, 0.3) is 0 Å². The van der Waals surface area contributed by atoms with Gasteiger partial charge in [0.1, 0.15) is 6.04 Å². The number of hydrogen-bond acceptors (Lipinski definition) is 5. The summed E-state index contributed by atoms with van der Waals surface area (Å²) in [5, 5.41) is 5.55. The molecule has 8 nitrogen and oxygen atoms in total. The first kappa shape index (κ1) is 12.8. The normalized spacial score (nSPS) is 25.3. The summed E-state index contributed by atoms with van der Waals surface area (Å²) < 4.78 is 0. The molecule has 2 heterocycles. The van der Waals surface area contributed by atoms with Crippen molar-refractivity contribution in [2.24, 2.45) is 5.73 Å². The lowest BCUT2D eigenvalue weighted by Crippen LogP contribution is -2.58. The summed E-state index contributed by atoms with van der Waals surface area (Å²) in [5.41, 5.74) is 5.32. The summed E-state index contributed by atoms with van der Waals surface area (Å²) in [7, 11) is 0. The maximum atomic E-state index is 11.4. The highest BCUT2D eigenvalue weighted by atomic mass is 16.2. The molecule has 0 aromatic rings. The molecule has 2 aliphatic rings. The molecule has 1 unspecified atom stereocenters. The Labute approximate surface area is 104 Å². The Morgan fingerprint density at radius 1 is 1.39 bits per heavy atom. The molecule has 2 aliphatic heterocycles. The molecule has 0 aliphatic carbocycles. The van der Waals surface area contributed by atoms with Crippen LogP contribution in [0.5, 0.6) is 0 Å². The van der Waals surface area contributed by atoms with Gasteiger partial charge in [0.15, 0.2) is 0 Å². The highest BCUT2D eigenvalue weighted by Gasteiger charge is 2.31. The van der Waals surface area contributed by atoms with Crippen molar-refractivity contribution in [1.29, 1.82) is 0 Å². The van der Waals surface area contributed by atoms with Gasteiger partial charge in [0.05, 0.1) is 6.54 Å². The summed E-state index contributed by atoms with van der Waals surface area (Å²) in [6.07, 6.45) is 0. The minimum absolute atomic E-state index is 0.0552. The SMILES string of the molecule is NC(=O)C1CNCCN1CCN1C(=O)CNC1=O. The lowest BCUT2D eigenvalue weighted by atomic mass is 10.2. The first-order valence-corrected chi connectivity index (χ1v) is 5.92. The molecule has 1 atom stereocenters. The molecule has 0 aromatic carbocycles. The highest BCUT2D eigenvalue weighted by molar-refractivity contribution is 6.01. The molecule has 0 radical (unpaired) electrons. The van der Waals surface area contributed by atoms with E-state index in [9.17, 15) is 14.4 Å². The van der Waals surface area contributed by atoms with Gasteiger partial charge in [-0.2, -0.15) is 0 Å². The number of rotatable bonds is 4. The van der Waals surface area contributed by atoms with E-state index in [2.05, 4.69) is 10.6 Å². The standard InChI is InChI=1S/C10H17N5O3/c11-9(17)7-5-12-1-2-14(7)3-4-15-8(16)6-13-10(15)18/h7,12H,1-6H2,(H2,11,17)(H,13,18). The Morgan fingerprint density at radius 3 is 2.78 bits per heavy atom. The molecule has 2 fully saturated rings. The summed E-state index contributed by atoms with van der Waals surface area (Å²) >= 11 is 0. The van der Waals surface area contributed by atoms with Crippen molar-refractivity contribution in [3.05, 3.63) is 0 Å². The molecule has 0 bridgehead atoms. The molecule has 0 spiro atoms. The Hall–Kier alpha value is -1.67. The van der Waals surface area contributed by atoms with E-state index in [1.807, 2.05) is 4.90 Å². The maximum Gasteiger partial charge on any atom is 0.324 e. The van der Waals surface area contributed by atoms with E-state index in [4.69, 9.17) is 5.73 Å². The molecule has 2 saturated heterocycles. The molecule has 4 N–H and O–H groups in total. The number of nitrogens with one attached hydrogen (secondary N) is 2. The summed E-state index contributed by atoms with van der Waals surface area (Å²) in [4.78, 5) is 37.1. The van der Waals surface area contributed by atoms with Crippen molar-refractivity contribution >= 4 is 17.8 Å². The first-order valence-electron chi connectivity index (χ1n) is 5.92. The van der Waals surface area contributed by atoms with Gasteiger partial charge in [0, 0.05) is 32.7 Å². The fraction of sp³-hybridized carbons (Fsp3) is 0.700. The van der Waals surface area contributed by atoms with E-state index in [0.717, 1.165) is 6.54 Å². The summed E-state index contributed by atoms with van der Waals surface area (Å²) in [6, 6.07) is -0.745. The third-order valence-corrected chi connectivity index (χ3v) is 3.23. The van der Waals surface area contributed by atoms with Gasteiger partial charge in [-0.25, -0.2) is 4.79 Å². The van der Waals surface area contributed by atoms with Gasteiger partial charge in [-0.05, 0) is 0 Å². The van der Waals surface area contributed by atoms with Crippen LogP contribution in [0.1, 0.15) is 0 Å². The number of carbonyl (C=O) groups is 3. The molecule has 100 valence electrons. The maximum absolute atomic E-state index is 11.4. The number of hydrogen-bond donors (Lipinski definition) is 3. The van der Waals surface area contributed by atoms with Crippen LogP contribution in [-0.2, 0) is 9.59 Å². The van der Waals surface area contributed by atoms with E-state index in [1.54, 1.807) is 0 Å². The molecule has 0 aromatic heterocycles. The number of piperazine rings is 1. The van der Waals surface area contributed by atoms with Crippen molar-refractivity contribution in [1.82, 2.24) is 20.4 Å². The van der Waals surface area contributed by atoms with Crippen LogP contribution in [0.3, 0.4) is 0 Å². The van der Waals surface area contributed by atoms with Crippen LogP contribution in [0.2, 0.25) is 0 Å². The van der Waals surface area contributed by atoms with Crippen molar-refractivity contribution in [2.45, 2.75) is 6.04 Å². The van der Waals surface area contributed by atoms with Gasteiger partial charge >= 0.3 is 6.03 Å². The number of nitrogens with zero attached hydrogens (tertiary/aromatic N) is 2. The number of nitrogens with two attached hydrogens (primary N) is 1. The fourth-order valence-electron chi connectivity index (χ4n) is 2.20. The average molecular weight is 255 g/mol. The van der Waals surface area contributed by atoms with Gasteiger partial charge < -0.3 is 16.4 Å². The minimum Gasteiger partial charge on any atom is -0.368 e. The Kier molecular flexibility index (Phi) is 3.78. The Bertz CT molecular complexity index is 357. The Morgan fingerprint density at radius 2 is 2.17 bits per heavy atom. The van der Waals surface area contributed by atoms with Gasteiger partial charge in [0.25, 0.3) is 0 Å². The predicted octanol–water partition coefficient (Wildman–Crippen LogP) is -2.70. The molecule has 8 heteroatoms. The van der Waals surface area contributed by atoms with E-state index in [1.165, 1.54) is 4.90 Å². The van der Waals surface area contributed by atoms with Gasteiger partial charge in [-0.1, -0.05) is 0 Å². The van der Waals surface area contributed by atoms with Crippen molar-refractivity contribution in [3.63, 3.8) is 0 Å². The third-order valence-electron chi connectivity index (χ3n) is 3.23. The van der Waals surface area contributed by atoms with Crippen LogP contribution < -0.4 is 16.4 Å². The van der Waals surface area contributed by atoms with E-state index < -0.39 is 0 Å². The molecule has 0 saturated carbocycles. The summed E-state index contributed by atoms with van der Waals surface area (Å²) in [6.45, 7) is 2.76. The minimum atomic E-state index is -0.389. The van der Waals surface area contributed by atoms with E-state index >= 15 is 0 Å². The van der Waals surface area contributed by atoms with Gasteiger partial charge in [0.2, 0.25) is 11.8 Å². The second-order valence-corrected chi connectivity index (χ2v) is 4.36. The number of carbonyl (C=O) groups excluding carboxylic acids is 3. The number of primary amides is 1. The van der Waals surface area contributed by atoms with Crippen molar-refractivity contribution in [3.8, 4) is 0 Å². The average Bonchev–Trinajstić information content (AvgIpc) is 2.67. The molecule has 18 heavy (non-hydrogen) atoms. The van der Waals surface area contributed by atoms with E-state index in [0.29, 0.717) is 19.6 Å². The first-order chi connectivity index (χ1) is 8.59. The molecule has 2 rings (SSSR count). The zero-order valence-corrected chi connectivity index (χ0v) is 10.0. The monoisotopic (exact) mass is 255 g/mol.